The summed E-state index contributed by atoms with van der Waals surface area (Å²) in [6.45, 7) is 9.17. The number of rotatable bonds is 2. The van der Waals surface area contributed by atoms with Crippen molar-refractivity contribution < 1.29 is 4.39 Å². The normalized spacial score (nSPS) is 24.1. The van der Waals surface area contributed by atoms with Gasteiger partial charge in [-0.25, -0.2) is 4.39 Å². The zero-order chi connectivity index (χ0) is 14.3. The Morgan fingerprint density at radius 1 is 1.05 bits per heavy atom. The fourth-order valence-electron chi connectivity index (χ4n) is 4.57. The van der Waals surface area contributed by atoms with Gasteiger partial charge in [-0.2, -0.15) is 0 Å². The van der Waals surface area contributed by atoms with Crippen LogP contribution in [0.3, 0.4) is 0 Å². The molecule has 1 aliphatic rings. The zero-order valence-electron chi connectivity index (χ0n) is 12.6. The van der Waals surface area contributed by atoms with E-state index >= 15 is 0 Å². The molecule has 0 aliphatic heterocycles. The first-order valence-corrected chi connectivity index (χ1v) is 7.13. The molecule has 0 radical (unpaired) electrons. The van der Waals surface area contributed by atoms with Crippen molar-refractivity contribution in [3.05, 3.63) is 35.6 Å². The van der Waals surface area contributed by atoms with Gasteiger partial charge in [0.05, 0.1) is 0 Å². The molecule has 1 saturated carbocycles. The lowest BCUT2D eigenvalue weighted by Crippen LogP contribution is -2.53. The second kappa shape index (κ2) is 4.59. The van der Waals surface area contributed by atoms with E-state index in [2.05, 4.69) is 27.7 Å². The van der Waals surface area contributed by atoms with Crippen molar-refractivity contribution in [1.29, 1.82) is 0 Å². The largest absolute Gasteiger partial charge is 0.325 e. The van der Waals surface area contributed by atoms with Gasteiger partial charge in [0.1, 0.15) is 5.82 Å². The molecule has 1 aromatic carbocycles. The quantitative estimate of drug-likeness (QED) is 0.845. The molecular formula is C17H26FN. The van der Waals surface area contributed by atoms with Gasteiger partial charge >= 0.3 is 0 Å². The molecule has 2 heteroatoms. The summed E-state index contributed by atoms with van der Waals surface area (Å²) in [7, 11) is 0. The molecule has 106 valence electrons. The molecule has 0 amide bonds. The molecule has 0 spiro atoms. The lowest BCUT2D eigenvalue weighted by Gasteiger charge is -2.50. The van der Waals surface area contributed by atoms with Crippen LogP contribution in [0.1, 0.15) is 52.5 Å². The Morgan fingerprint density at radius 3 is 2.16 bits per heavy atom. The third kappa shape index (κ3) is 3.79. The summed E-state index contributed by atoms with van der Waals surface area (Å²) in [6, 6.07) is 6.85. The third-order valence-corrected chi connectivity index (χ3v) is 4.06. The number of halogens is 1. The Kier molecular flexibility index (Phi) is 3.51. The maximum absolute atomic E-state index is 13.3. The van der Waals surface area contributed by atoms with Crippen LogP contribution in [0.5, 0.6) is 0 Å². The molecular weight excluding hydrogens is 237 g/mol. The van der Waals surface area contributed by atoms with Gasteiger partial charge in [0.15, 0.2) is 0 Å². The highest BCUT2D eigenvalue weighted by Gasteiger charge is 2.45. The van der Waals surface area contributed by atoms with Gasteiger partial charge in [0, 0.05) is 5.54 Å². The first kappa shape index (κ1) is 14.5. The second-order valence-corrected chi connectivity index (χ2v) is 8.03. The molecule has 0 aromatic heterocycles. The van der Waals surface area contributed by atoms with Crippen LogP contribution in [0, 0.1) is 16.6 Å². The molecule has 0 heterocycles. The van der Waals surface area contributed by atoms with E-state index < -0.39 is 0 Å². The van der Waals surface area contributed by atoms with Crippen LogP contribution in [0.2, 0.25) is 0 Å². The van der Waals surface area contributed by atoms with Crippen LogP contribution in [-0.2, 0) is 6.42 Å². The molecule has 1 fully saturated rings. The molecule has 2 N–H and O–H groups in total. The molecule has 1 aliphatic carbocycles. The highest BCUT2D eigenvalue weighted by Crippen LogP contribution is 2.50. The number of hydrogen-bond acceptors (Lipinski definition) is 1. The molecule has 0 bridgehead atoms. The number of hydrogen-bond donors (Lipinski definition) is 1. The van der Waals surface area contributed by atoms with E-state index in [9.17, 15) is 4.39 Å². The minimum atomic E-state index is -0.223. The Balaban J connectivity index is 2.22. The van der Waals surface area contributed by atoms with Crippen molar-refractivity contribution in [2.24, 2.45) is 16.6 Å². The van der Waals surface area contributed by atoms with Gasteiger partial charge in [-0.05, 0) is 54.2 Å². The lowest BCUT2D eigenvalue weighted by molar-refractivity contribution is 0.0487. The van der Waals surface area contributed by atoms with Crippen LogP contribution in [0.25, 0.3) is 0 Å². The van der Waals surface area contributed by atoms with E-state index in [4.69, 9.17) is 5.73 Å². The average Bonchev–Trinajstić information content (AvgIpc) is 2.09. The van der Waals surface area contributed by atoms with Crippen molar-refractivity contribution in [1.82, 2.24) is 0 Å². The predicted octanol–water partition coefficient (Wildman–Crippen LogP) is 4.30. The van der Waals surface area contributed by atoms with Gasteiger partial charge in [0.25, 0.3) is 0 Å². The van der Waals surface area contributed by atoms with E-state index in [0.29, 0.717) is 0 Å². The minimum absolute atomic E-state index is 0.171. The van der Waals surface area contributed by atoms with Crippen molar-refractivity contribution in [2.45, 2.75) is 58.9 Å². The average molecular weight is 263 g/mol. The van der Waals surface area contributed by atoms with E-state index in [1.165, 1.54) is 12.5 Å². The standard InChI is InChI=1S/C17H26FN/c1-15(2)10-16(3,4)12-17(19,11-15)9-13-6-5-7-14(18)8-13/h5-8H,9-12,19H2,1-4H3. The molecule has 0 saturated heterocycles. The van der Waals surface area contributed by atoms with Gasteiger partial charge < -0.3 is 5.73 Å². The summed E-state index contributed by atoms with van der Waals surface area (Å²) in [6.07, 6.45) is 3.96. The van der Waals surface area contributed by atoms with Crippen molar-refractivity contribution >= 4 is 0 Å². The molecule has 1 aromatic rings. The minimum Gasteiger partial charge on any atom is -0.325 e. The SMILES string of the molecule is CC1(C)CC(C)(C)CC(N)(Cc2cccc(F)c2)C1. The number of benzene rings is 1. The summed E-state index contributed by atoms with van der Waals surface area (Å²) in [5, 5.41) is 0. The fourth-order valence-corrected chi connectivity index (χ4v) is 4.57. The Morgan fingerprint density at radius 2 is 1.63 bits per heavy atom. The van der Waals surface area contributed by atoms with Crippen LogP contribution in [0.15, 0.2) is 24.3 Å². The Hall–Kier alpha value is -0.890. The van der Waals surface area contributed by atoms with Crippen LogP contribution in [-0.4, -0.2) is 5.54 Å². The van der Waals surface area contributed by atoms with Crippen molar-refractivity contribution in [3.8, 4) is 0 Å². The summed E-state index contributed by atoms with van der Waals surface area (Å²) in [5.74, 6) is -0.171. The Labute approximate surface area is 116 Å². The summed E-state index contributed by atoms with van der Waals surface area (Å²) >= 11 is 0. The zero-order valence-corrected chi connectivity index (χ0v) is 12.6. The van der Waals surface area contributed by atoms with Crippen molar-refractivity contribution in [3.63, 3.8) is 0 Å². The van der Waals surface area contributed by atoms with E-state index in [1.807, 2.05) is 6.07 Å². The van der Waals surface area contributed by atoms with Gasteiger partial charge in [-0.3, -0.25) is 0 Å². The highest BCUT2D eigenvalue weighted by atomic mass is 19.1. The number of nitrogens with two attached hydrogens (primary N) is 1. The molecule has 2 rings (SSSR count). The molecule has 0 unspecified atom stereocenters. The molecule has 19 heavy (non-hydrogen) atoms. The molecule has 1 nitrogen and oxygen atoms in total. The van der Waals surface area contributed by atoms with Crippen LogP contribution < -0.4 is 5.73 Å². The van der Waals surface area contributed by atoms with Crippen LogP contribution in [0.4, 0.5) is 4.39 Å². The first-order valence-electron chi connectivity index (χ1n) is 7.13. The second-order valence-electron chi connectivity index (χ2n) is 8.03. The van der Waals surface area contributed by atoms with E-state index in [0.717, 1.165) is 24.8 Å². The summed E-state index contributed by atoms with van der Waals surface area (Å²) in [4.78, 5) is 0. The first-order chi connectivity index (χ1) is 8.59. The highest BCUT2D eigenvalue weighted by molar-refractivity contribution is 5.20. The fraction of sp³-hybridized carbons (Fsp3) is 0.647. The maximum atomic E-state index is 13.3. The van der Waals surface area contributed by atoms with Crippen molar-refractivity contribution in [2.75, 3.05) is 0 Å². The predicted molar refractivity (Wildman–Crippen MR) is 78.4 cm³/mol. The van der Waals surface area contributed by atoms with Gasteiger partial charge in [-0.1, -0.05) is 39.8 Å². The Bertz CT molecular complexity index is 446. The summed E-state index contributed by atoms with van der Waals surface area (Å²) in [5.41, 5.74) is 7.96. The monoisotopic (exact) mass is 263 g/mol. The van der Waals surface area contributed by atoms with Gasteiger partial charge in [0.2, 0.25) is 0 Å². The van der Waals surface area contributed by atoms with E-state index in [-0.39, 0.29) is 22.2 Å². The third-order valence-electron chi connectivity index (χ3n) is 4.06. The van der Waals surface area contributed by atoms with Gasteiger partial charge in [-0.15, -0.1) is 0 Å². The topological polar surface area (TPSA) is 26.0 Å². The smallest absolute Gasteiger partial charge is 0.123 e. The molecule has 0 atom stereocenters. The lowest BCUT2D eigenvalue weighted by atomic mass is 9.57. The summed E-state index contributed by atoms with van der Waals surface area (Å²) < 4.78 is 13.3. The van der Waals surface area contributed by atoms with E-state index in [1.54, 1.807) is 12.1 Å². The van der Waals surface area contributed by atoms with Crippen LogP contribution >= 0.6 is 0 Å². The maximum Gasteiger partial charge on any atom is 0.123 e.